The first-order chi connectivity index (χ1) is 9.76. The lowest BCUT2D eigenvalue weighted by molar-refractivity contribution is -0.119. The van der Waals surface area contributed by atoms with Crippen molar-refractivity contribution >= 4 is 11.6 Å². The summed E-state index contributed by atoms with van der Waals surface area (Å²) < 4.78 is 18.4. The van der Waals surface area contributed by atoms with Gasteiger partial charge in [0.2, 0.25) is 0 Å². The fourth-order valence-corrected chi connectivity index (χ4v) is 1.94. The van der Waals surface area contributed by atoms with Gasteiger partial charge < -0.3 is 9.64 Å². The van der Waals surface area contributed by atoms with Gasteiger partial charge in [-0.2, -0.15) is 0 Å². The molecule has 0 fully saturated rings. The molecule has 0 aliphatic heterocycles. The molecule has 2 rings (SSSR count). The highest BCUT2D eigenvalue weighted by Gasteiger charge is 2.17. The van der Waals surface area contributed by atoms with E-state index in [1.54, 1.807) is 25.1 Å². The molecule has 2 aromatic rings. The van der Waals surface area contributed by atoms with E-state index >= 15 is 0 Å². The van der Waals surface area contributed by atoms with Crippen LogP contribution in [0.5, 0.6) is 11.5 Å². The molecule has 0 aliphatic carbocycles. The van der Waals surface area contributed by atoms with E-state index in [-0.39, 0.29) is 0 Å². The molecule has 1 amide bonds. The Labute approximate surface area is 117 Å². The summed E-state index contributed by atoms with van der Waals surface area (Å²) in [6.07, 6.45) is 0. The van der Waals surface area contributed by atoms with E-state index in [4.69, 9.17) is 4.74 Å². The molecule has 0 N–H and O–H groups in total. The molecule has 3 nitrogen and oxygen atoms in total. The summed E-state index contributed by atoms with van der Waals surface area (Å²) in [6, 6.07) is 16.4. The summed E-state index contributed by atoms with van der Waals surface area (Å²) >= 11 is 0. The van der Waals surface area contributed by atoms with Gasteiger partial charge in [0.15, 0.2) is 12.4 Å². The number of hydrogen-bond acceptors (Lipinski definition) is 2. The molecule has 2 aromatic carbocycles. The maximum Gasteiger partial charge on any atom is 0.258 e. The number of ether oxygens (including phenoxy) is 1. The monoisotopic (exact) mass is 273 g/mol. The van der Waals surface area contributed by atoms with Gasteiger partial charge in [0.05, 0.1) is 5.69 Å². The largest absolute Gasteiger partial charge is 0.455 e. The van der Waals surface area contributed by atoms with Crippen molar-refractivity contribution in [1.29, 1.82) is 0 Å². The van der Waals surface area contributed by atoms with Crippen molar-refractivity contribution in [3.8, 4) is 11.5 Å². The highest BCUT2D eigenvalue weighted by Crippen LogP contribution is 2.32. The molecule has 104 valence electrons. The topological polar surface area (TPSA) is 29.5 Å². The van der Waals surface area contributed by atoms with Gasteiger partial charge in [0.1, 0.15) is 5.75 Å². The van der Waals surface area contributed by atoms with E-state index in [0.717, 1.165) is 0 Å². The Morgan fingerprint density at radius 2 is 1.75 bits per heavy atom. The van der Waals surface area contributed by atoms with Crippen molar-refractivity contribution in [2.75, 3.05) is 18.1 Å². The number of alkyl halides is 1. The average molecular weight is 273 g/mol. The van der Waals surface area contributed by atoms with E-state index in [2.05, 4.69) is 0 Å². The van der Waals surface area contributed by atoms with Crippen molar-refractivity contribution in [3.05, 3.63) is 54.6 Å². The SMILES string of the molecule is CCN(C(=O)CF)c1ccccc1Oc1ccccc1. The molecule has 0 heterocycles. The fourth-order valence-electron chi connectivity index (χ4n) is 1.94. The Kier molecular flexibility index (Phi) is 4.71. The highest BCUT2D eigenvalue weighted by atomic mass is 19.1. The number of anilines is 1. The van der Waals surface area contributed by atoms with E-state index in [9.17, 15) is 9.18 Å². The van der Waals surface area contributed by atoms with E-state index < -0.39 is 12.6 Å². The summed E-state index contributed by atoms with van der Waals surface area (Å²) in [4.78, 5) is 13.0. The fraction of sp³-hybridized carbons (Fsp3) is 0.188. The average Bonchev–Trinajstić information content (AvgIpc) is 2.50. The van der Waals surface area contributed by atoms with Crippen LogP contribution in [-0.4, -0.2) is 19.1 Å². The van der Waals surface area contributed by atoms with Gasteiger partial charge in [-0.15, -0.1) is 0 Å². The normalized spacial score (nSPS) is 10.1. The minimum Gasteiger partial charge on any atom is -0.455 e. The Bertz CT molecular complexity index is 572. The number of carbonyl (C=O) groups is 1. The molecular weight excluding hydrogens is 257 g/mol. The minimum absolute atomic E-state index is 0.387. The van der Waals surface area contributed by atoms with E-state index in [0.29, 0.717) is 23.7 Å². The maximum absolute atomic E-state index is 12.6. The molecule has 0 unspecified atom stereocenters. The number of hydrogen-bond donors (Lipinski definition) is 0. The molecular formula is C16H16FNO2. The molecule has 0 saturated heterocycles. The third-order valence-electron chi connectivity index (χ3n) is 2.86. The van der Waals surface area contributed by atoms with Crippen molar-refractivity contribution in [3.63, 3.8) is 0 Å². The molecule has 0 aliphatic rings. The number of halogens is 1. The predicted octanol–water partition coefficient (Wildman–Crippen LogP) is 3.80. The second-order valence-corrected chi connectivity index (χ2v) is 4.15. The van der Waals surface area contributed by atoms with Crippen molar-refractivity contribution in [1.82, 2.24) is 0 Å². The van der Waals surface area contributed by atoms with Crippen LogP contribution in [0.15, 0.2) is 54.6 Å². The lowest BCUT2D eigenvalue weighted by Crippen LogP contribution is -2.32. The third-order valence-corrected chi connectivity index (χ3v) is 2.86. The van der Waals surface area contributed by atoms with Crippen LogP contribution in [0.25, 0.3) is 0 Å². The Morgan fingerprint density at radius 1 is 1.10 bits per heavy atom. The first-order valence-electron chi connectivity index (χ1n) is 6.44. The van der Waals surface area contributed by atoms with Crippen molar-refractivity contribution < 1.29 is 13.9 Å². The van der Waals surface area contributed by atoms with Crippen LogP contribution in [0.4, 0.5) is 10.1 Å². The molecule has 0 radical (unpaired) electrons. The molecule has 0 spiro atoms. The number of benzene rings is 2. The van der Waals surface area contributed by atoms with Crippen LogP contribution in [-0.2, 0) is 4.79 Å². The molecule has 0 saturated carbocycles. The van der Waals surface area contributed by atoms with Gasteiger partial charge >= 0.3 is 0 Å². The van der Waals surface area contributed by atoms with Gasteiger partial charge in [0, 0.05) is 6.54 Å². The smallest absolute Gasteiger partial charge is 0.258 e. The number of amides is 1. The van der Waals surface area contributed by atoms with Crippen LogP contribution < -0.4 is 9.64 Å². The van der Waals surface area contributed by atoms with Gasteiger partial charge in [-0.25, -0.2) is 4.39 Å². The Morgan fingerprint density at radius 3 is 2.40 bits per heavy atom. The first-order valence-corrected chi connectivity index (χ1v) is 6.44. The quantitative estimate of drug-likeness (QED) is 0.829. The van der Waals surface area contributed by atoms with Gasteiger partial charge in [0.25, 0.3) is 5.91 Å². The molecule has 0 atom stereocenters. The standard InChI is InChI=1S/C16H16FNO2/c1-2-18(16(19)12-17)14-10-6-7-11-15(14)20-13-8-4-3-5-9-13/h3-11H,2,12H2,1H3. The third kappa shape index (κ3) is 3.15. The maximum atomic E-state index is 12.6. The summed E-state index contributed by atoms with van der Waals surface area (Å²) in [6.45, 7) is 1.16. The van der Waals surface area contributed by atoms with Crippen LogP contribution >= 0.6 is 0 Å². The van der Waals surface area contributed by atoms with Crippen molar-refractivity contribution in [2.45, 2.75) is 6.92 Å². The Balaban J connectivity index is 2.32. The Hall–Kier alpha value is -2.36. The zero-order valence-corrected chi connectivity index (χ0v) is 11.3. The lowest BCUT2D eigenvalue weighted by atomic mass is 10.2. The summed E-state index contributed by atoms with van der Waals surface area (Å²) in [5, 5.41) is 0. The number of para-hydroxylation sites is 3. The van der Waals surface area contributed by atoms with E-state index in [1.165, 1.54) is 4.90 Å². The van der Waals surface area contributed by atoms with Crippen molar-refractivity contribution in [2.24, 2.45) is 0 Å². The van der Waals surface area contributed by atoms with Crippen LogP contribution in [0, 0.1) is 0 Å². The molecule has 0 aromatic heterocycles. The zero-order valence-electron chi connectivity index (χ0n) is 11.3. The van der Waals surface area contributed by atoms with Crippen LogP contribution in [0.3, 0.4) is 0 Å². The zero-order chi connectivity index (χ0) is 14.4. The minimum atomic E-state index is -1.02. The first kappa shape index (κ1) is 14.1. The van der Waals surface area contributed by atoms with Crippen LogP contribution in [0.1, 0.15) is 6.92 Å². The second kappa shape index (κ2) is 6.70. The summed E-state index contributed by atoms with van der Waals surface area (Å²) in [5.41, 5.74) is 0.571. The van der Waals surface area contributed by atoms with Gasteiger partial charge in [-0.1, -0.05) is 30.3 Å². The van der Waals surface area contributed by atoms with E-state index in [1.807, 2.05) is 36.4 Å². The number of carbonyl (C=O) groups excluding carboxylic acids is 1. The number of rotatable bonds is 5. The highest BCUT2D eigenvalue weighted by molar-refractivity contribution is 5.95. The molecule has 4 heteroatoms. The summed E-state index contributed by atoms with van der Waals surface area (Å²) in [7, 11) is 0. The number of nitrogens with zero attached hydrogens (tertiary/aromatic N) is 1. The predicted molar refractivity (Wildman–Crippen MR) is 77.0 cm³/mol. The van der Waals surface area contributed by atoms with Gasteiger partial charge in [-0.05, 0) is 31.2 Å². The molecule has 20 heavy (non-hydrogen) atoms. The lowest BCUT2D eigenvalue weighted by Gasteiger charge is -2.22. The summed E-state index contributed by atoms with van der Waals surface area (Å²) in [5.74, 6) is 0.627. The second-order valence-electron chi connectivity index (χ2n) is 4.15. The van der Waals surface area contributed by atoms with Gasteiger partial charge in [-0.3, -0.25) is 4.79 Å². The molecule has 0 bridgehead atoms. The van der Waals surface area contributed by atoms with Crippen LogP contribution in [0.2, 0.25) is 0 Å².